The summed E-state index contributed by atoms with van der Waals surface area (Å²) >= 11 is 0. The quantitative estimate of drug-likeness (QED) is 0.835. The second-order valence-electron chi connectivity index (χ2n) is 7.97. The van der Waals surface area contributed by atoms with Gasteiger partial charge in [0, 0.05) is 19.3 Å². The first-order valence-corrected chi connectivity index (χ1v) is 8.74. The highest BCUT2D eigenvalue weighted by molar-refractivity contribution is 5.15. The molecule has 2 atom stereocenters. The third kappa shape index (κ3) is 3.33. The van der Waals surface area contributed by atoms with Crippen LogP contribution in [0.1, 0.15) is 51.4 Å². The van der Waals surface area contributed by atoms with E-state index < -0.39 is 0 Å². The Morgan fingerprint density at radius 1 is 1.38 bits per heavy atom. The van der Waals surface area contributed by atoms with Crippen LogP contribution >= 0.6 is 0 Å². The van der Waals surface area contributed by atoms with E-state index in [0.717, 1.165) is 30.7 Å². The van der Waals surface area contributed by atoms with Crippen molar-refractivity contribution in [2.24, 2.45) is 30.2 Å². The maximum absolute atomic E-state index is 4.64. The monoisotopic (exact) mass is 289 g/mol. The Morgan fingerprint density at radius 3 is 2.67 bits per heavy atom. The summed E-state index contributed by atoms with van der Waals surface area (Å²) in [5.74, 6) is 2.80. The average Bonchev–Trinajstić information content (AvgIpc) is 2.88. The first kappa shape index (κ1) is 15.1. The number of nitrogens with one attached hydrogen (secondary N) is 1. The fourth-order valence-corrected chi connectivity index (χ4v) is 4.28. The van der Waals surface area contributed by atoms with Gasteiger partial charge in [-0.2, -0.15) is 5.10 Å². The smallest absolute Gasteiger partial charge is 0.0624 e. The second kappa shape index (κ2) is 5.75. The number of aromatic nitrogens is 2. The average molecular weight is 289 g/mol. The minimum atomic E-state index is 0.487. The molecule has 0 saturated heterocycles. The normalized spacial score (nSPS) is 30.9. The molecule has 0 bridgehead atoms. The van der Waals surface area contributed by atoms with E-state index in [9.17, 15) is 0 Å². The Balaban J connectivity index is 1.68. The summed E-state index contributed by atoms with van der Waals surface area (Å²) in [6.07, 6.45) is 6.59. The number of hydrogen-bond donors (Lipinski definition) is 1. The van der Waals surface area contributed by atoms with E-state index in [1.54, 1.807) is 0 Å². The number of rotatable bonds is 7. The molecule has 2 aliphatic carbocycles. The first-order chi connectivity index (χ1) is 10.0. The van der Waals surface area contributed by atoms with Gasteiger partial charge in [-0.15, -0.1) is 0 Å². The molecule has 3 heteroatoms. The van der Waals surface area contributed by atoms with Crippen molar-refractivity contribution in [1.82, 2.24) is 15.1 Å². The van der Waals surface area contributed by atoms with Crippen molar-refractivity contribution in [2.75, 3.05) is 13.1 Å². The number of aryl methyl sites for hydroxylation is 2. The summed E-state index contributed by atoms with van der Waals surface area (Å²) in [5, 5.41) is 8.38. The SMILES string of the molecule is CCc1cc(CC2(CNCC(C)C)CC3CC3C2)n(C)n1. The predicted octanol–water partition coefficient (Wildman–Crippen LogP) is 3.19. The van der Waals surface area contributed by atoms with Crippen LogP contribution in [0.3, 0.4) is 0 Å². The largest absolute Gasteiger partial charge is 0.316 e. The molecule has 0 aliphatic heterocycles. The topological polar surface area (TPSA) is 29.9 Å². The molecular formula is C18H31N3. The van der Waals surface area contributed by atoms with E-state index in [1.807, 2.05) is 0 Å². The molecule has 1 heterocycles. The van der Waals surface area contributed by atoms with Gasteiger partial charge in [0.15, 0.2) is 0 Å². The first-order valence-electron chi connectivity index (χ1n) is 8.74. The third-order valence-electron chi connectivity index (χ3n) is 5.46. The van der Waals surface area contributed by atoms with Crippen LogP contribution in [0.15, 0.2) is 6.07 Å². The molecule has 3 nitrogen and oxygen atoms in total. The molecule has 118 valence electrons. The van der Waals surface area contributed by atoms with Crippen LogP contribution in [0.4, 0.5) is 0 Å². The number of hydrogen-bond acceptors (Lipinski definition) is 2. The number of fused-ring (bicyclic) bond motifs is 1. The van der Waals surface area contributed by atoms with Crippen LogP contribution in [0, 0.1) is 23.2 Å². The predicted molar refractivity (Wildman–Crippen MR) is 87.3 cm³/mol. The Labute approximate surface area is 129 Å². The standard InChI is InChI=1S/C18H31N3/c1-5-16-7-17(21(4)20-16)10-18(12-19-11-13(2)3)8-14-6-15(14)9-18/h7,13-15,19H,5-6,8-12H2,1-4H3. The molecule has 2 saturated carbocycles. The third-order valence-corrected chi connectivity index (χ3v) is 5.46. The van der Waals surface area contributed by atoms with Crippen molar-refractivity contribution < 1.29 is 0 Å². The summed E-state index contributed by atoms with van der Waals surface area (Å²) in [4.78, 5) is 0. The van der Waals surface area contributed by atoms with Crippen molar-refractivity contribution in [3.63, 3.8) is 0 Å². The molecule has 21 heavy (non-hydrogen) atoms. The Hall–Kier alpha value is -0.830. The van der Waals surface area contributed by atoms with Gasteiger partial charge in [-0.1, -0.05) is 20.8 Å². The maximum atomic E-state index is 4.64. The van der Waals surface area contributed by atoms with E-state index in [0.29, 0.717) is 5.41 Å². The zero-order chi connectivity index (χ0) is 15.0. The molecule has 2 fully saturated rings. The van der Waals surface area contributed by atoms with Gasteiger partial charge in [0.25, 0.3) is 0 Å². The van der Waals surface area contributed by atoms with Gasteiger partial charge >= 0.3 is 0 Å². The summed E-state index contributed by atoms with van der Waals surface area (Å²) < 4.78 is 2.12. The zero-order valence-corrected chi connectivity index (χ0v) is 14.2. The van der Waals surface area contributed by atoms with E-state index in [2.05, 4.69) is 49.0 Å². The Morgan fingerprint density at radius 2 is 2.10 bits per heavy atom. The van der Waals surface area contributed by atoms with E-state index in [4.69, 9.17) is 0 Å². The van der Waals surface area contributed by atoms with Crippen LogP contribution < -0.4 is 5.32 Å². The van der Waals surface area contributed by atoms with Crippen molar-refractivity contribution in [3.05, 3.63) is 17.5 Å². The lowest BCUT2D eigenvalue weighted by Gasteiger charge is -2.32. The lowest BCUT2D eigenvalue weighted by Crippen LogP contribution is -2.37. The van der Waals surface area contributed by atoms with E-state index >= 15 is 0 Å². The van der Waals surface area contributed by atoms with Gasteiger partial charge in [0.05, 0.1) is 5.69 Å². The molecule has 1 aromatic rings. The highest BCUT2D eigenvalue weighted by atomic mass is 15.3. The van der Waals surface area contributed by atoms with Gasteiger partial charge in [-0.25, -0.2) is 0 Å². The van der Waals surface area contributed by atoms with Crippen molar-refractivity contribution in [2.45, 2.75) is 52.9 Å². The van der Waals surface area contributed by atoms with E-state index in [-0.39, 0.29) is 0 Å². The van der Waals surface area contributed by atoms with Gasteiger partial charge in [-0.3, -0.25) is 4.68 Å². The second-order valence-corrected chi connectivity index (χ2v) is 7.97. The van der Waals surface area contributed by atoms with Crippen LogP contribution in [-0.4, -0.2) is 22.9 Å². The van der Waals surface area contributed by atoms with Crippen molar-refractivity contribution >= 4 is 0 Å². The highest BCUT2D eigenvalue weighted by Gasteiger charge is 2.53. The molecule has 0 spiro atoms. The molecular weight excluding hydrogens is 258 g/mol. The molecule has 0 aromatic carbocycles. The Bertz CT molecular complexity index is 479. The van der Waals surface area contributed by atoms with Gasteiger partial charge in [0.2, 0.25) is 0 Å². The summed E-state index contributed by atoms with van der Waals surface area (Å²) in [7, 11) is 2.11. The maximum Gasteiger partial charge on any atom is 0.0624 e. The fourth-order valence-electron chi connectivity index (χ4n) is 4.28. The fraction of sp³-hybridized carbons (Fsp3) is 0.833. The zero-order valence-electron chi connectivity index (χ0n) is 14.2. The minimum absolute atomic E-state index is 0.487. The number of nitrogens with zero attached hydrogens (tertiary/aromatic N) is 2. The highest BCUT2D eigenvalue weighted by Crippen LogP contribution is 2.60. The molecule has 2 aliphatic rings. The van der Waals surface area contributed by atoms with Gasteiger partial charge < -0.3 is 5.32 Å². The molecule has 0 amide bonds. The van der Waals surface area contributed by atoms with Crippen molar-refractivity contribution in [3.8, 4) is 0 Å². The minimum Gasteiger partial charge on any atom is -0.316 e. The van der Waals surface area contributed by atoms with Crippen LogP contribution in [-0.2, 0) is 19.9 Å². The van der Waals surface area contributed by atoms with Gasteiger partial charge in [0.1, 0.15) is 0 Å². The van der Waals surface area contributed by atoms with Crippen LogP contribution in [0.2, 0.25) is 0 Å². The van der Waals surface area contributed by atoms with Crippen molar-refractivity contribution in [1.29, 1.82) is 0 Å². The lowest BCUT2D eigenvalue weighted by molar-refractivity contribution is 0.240. The van der Waals surface area contributed by atoms with Crippen LogP contribution in [0.25, 0.3) is 0 Å². The molecule has 1 N–H and O–H groups in total. The molecule has 3 rings (SSSR count). The lowest BCUT2D eigenvalue weighted by atomic mass is 9.78. The molecule has 0 radical (unpaired) electrons. The molecule has 2 unspecified atom stereocenters. The summed E-state index contributed by atoms with van der Waals surface area (Å²) in [5.41, 5.74) is 3.15. The summed E-state index contributed by atoms with van der Waals surface area (Å²) in [6, 6.07) is 2.33. The Kier molecular flexibility index (Phi) is 4.13. The van der Waals surface area contributed by atoms with Gasteiger partial charge in [-0.05, 0) is 67.9 Å². The van der Waals surface area contributed by atoms with Crippen LogP contribution in [0.5, 0.6) is 0 Å². The van der Waals surface area contributed by atoms with E-state index in [1.165, 1.54) is 43.6 Å². The molecule has 1 aromatic heterocycles. The summed E-state index contributed by atoms with van der Waals surface area (Å²) in [6.45, 7) is 9.10.